The van der Waals surface area contributed by atoms with Crippen LogP contribution in [0.3, 0.4) is 0 Å². The Morgan fingerprint density at radius 3 is 2.50 bits per heavy atom. The van der Waals surface area contributed by atoms with Gasteiger partial charge >= 0.3 is 0 Å². The van der Waals surface area contributed by atoms with Gasteiger partial charge in [0, 0.05) is 18.3 Å². The molecule has 0 aliphatic carbocycles. The number of hydrogen-bond donors (Lipinski definition) is 1. The van der Waals surface area contributed by atoms with E-state index in [0.29, 0.717) is 13.0 Å². The molecule has 0 atom stereocenters. The molecule has 4 nitrogen and oxygen atoms in total. The fourth-order valence-electron chi connectivity index (χ4n) is 2.97. The number of amides is 1. The van der Waals surface area contributed by atoms with Gasteiger partial charge in [0.15, 0.2) is 0 Å². The largest absolute Gasteiger partial charge is 0.352 e. The van der Waals surface area contributed by atoms with Gasteiger partial charge in [-0.1, -0.05) is 60.7 Å². The molecule has 0 saturated heterocycles. The summed E-state index contributed by atoms with van der Waals surface area (Å²) in [5, 5.41) is 9.66. The summed E-state index contributed by atoms with van der Waals surface area (Å²) in [7, 11) is 0. The molecule has 0 saturated carbocycles. The number of rotatable bonds is 5. The lowest BCUT2D eigenvalue weighted by Gasteiger charge is -2.05. The summed E-state index contributed by atoms with van der Waals surface area (Å²) in [6, 6.07) is 24.2. The van der Waals surface area contributed by atoms with Crippen molar-refractivity contribution in [3.63, 3.8) is 0 Å². The molecule has 3 aromatic carbocycles. The maximum absolute atomic E-state index is 12.3. The SMILES string of the molecule is O=C(Cc1ccc2ccccc2c1)NCc1cnn(-c2ccccc2)c1. The number of hydrogen-bond acceptors (Lipinski definition) is 2. The van der Waals surface area contributed by atoms with Crippen molar-refractivity contribution in [2.75, 3.05) is 0 Å². The van der Waals surface area contributed by atoms with E-state index in [1.54, 1.807) is 6.20 Å². The number of benzene rings is 3. The summed E-state index contributed by atoms with van der Waals surface area (Å²) in [5.41, 5.74) is 2.99. The number of nitrogens with one attached hydrogen (secondary N) is 1. The van der Waals surface area contributed by atoms with E-state index in [1.807, 2.05) is 59.4 Å². The molecule has 4 aromatic rings. The molecule has 128 valence electrons. The molecule has 0 radical (unpaired) electrons. The quantitative estimate of drug-likeness (QED) is 0.599. The molecular weight excluding hydrogens is 322 g/mol. The van der Waals surface area contributed by atoms with Crippen molar-refractivity contribution in [2.45, 2.75) is 13.0 Å². The second kappa shape index (κ2) is 7.23. The number of carbonyl (C=O) groups excluding carboxylic acids is 1. The fraction of sp³-hybridized carbons (Fsp3) is 0.0909. The monoisotopic (exact) mass is 341 g/mol. The highest BCUT2D eigenvalue weighted by molar-refractivity contribution is 5.85. The second-order valence-electron chi connectivity index (χ2n) is 6.26. The molecule has 1 heterocycles. The summed E-state index contributed by atoms with van der Waals surface area (Å²) in [6.45, 7) is 0.471. The van der Waals surface area contributed by atoms with E-state index in [-0.39, 0.29) is 5.91 Å². The Labute approximate surface area is 152 Å². The highest BCUT2D eigenvalue weighted by atomic mass is 16.1. The molecule has 0 aliphatic heterocycles. The minimum atomic E-state index is 0.00717. The first kappa shape index (κ1) is 16.1. The van der Waals surface area contributed by atoms with E-state index in [4.69, 9.17) is 0 Å². The molecule has 4 heteroatoms. The molecule has 1 N–H and O–H groups in total. The zero-order chi connectivity index (χ0) is 17.8. The van der Waals surface area contributed by atoms with Crippen LogP contribution in [0.25, 0.3) is 16.5 Å². The minimum absolute atomic E-state index is 0.00717. The van der Waals surface area contributed by atoms with Crippen molar-refractivity contribution in [3.05, 3.63) is 96.3 Å². The fourth-order valence-corrected chi connectivity index (χ4v) is 2.97. The van der Waals surface area contributed by atoms with E-state index in [2.05, 4.69) is 34.7 Å². The summed E-state index contributed by atoms with van der Waals surface area (Å²) >= 11 is 0. The molecule has 0 aliphatic rings. The van der Waals surface area contributed by atoms with Crippen LogP contribution in [-0.2, 0) is 17.8 Å². The number of aromatic nitrogens is 2. The van der Waals surface area contributed by atoms with E-state index >= 15 is 0 Å². The van der Waals surface area contributed by atoms with Gasteiger partial charge in [0.1, 0.15) is 0 Å². The Bertz CT molecular complexity index is 1040. The van der Waals surface area contributed by atoms with Crippen molar-refractivity contribution in [1.29, 1.82) is 0 Å². The number of carbonyl (C=O) groups is 1. The van der Waals surface area contributed by atoms with Gasteiger partial charge in [-0.05, 0) is 28.5 Å². The summed E-state index contributed by atoms with van der Waals surface area (Å²) in [6.07, 6.45) is 4.09. The van der Waals surface area contributed by atoms with Crippen molar-refractivity contribution < 1.29 is 4.79 Å². The van der Waals surface area contributed by atoms with Gasteiger partial charge in [0.2, 0.25) is 5.91 Å². The molecule has 1 aromatic heterocycles. The van der Waals surface area contributed by atoms with Gasteiger partial charge in [-0.3, -0.25) is 4.79 Å². The van der Waals surface area contributed by atoms with Crippen molar-refractivity contribution in [3.8, 4) is 5.69 Å². The summed E-state index contributed by atoms with van der Waals surface area (Å²) in [4.78, 5) is 12.3. The molecule has 0 unspecified atom stereocenters. The summed E-state index contributed by atoms with van der Waals surface area (Å²) < 4.78 is 1.81. The van der Waals surface area contributed by atoms with Crippen LogP contribution in [0, 0.1) is 0 Å². The van der Waals surface area contributed by atoms with Gasteiger partial charge in [-0.2, -0.15) is 5.10 Å². The van der Waals surface area contributed by atoms with Crippen LogP contribution in [0.4, 0.5) is 0 Å². The Morgan fingerprint density at radius 1 is 0.885 bits per heavy atom. The average Bonchev–Trinajstić information content (AvgIpc) is 3.16. The zero-order valence-corrected chi connectivity index (χ0v) is 14.3. The van der Waals surface area contributed by atoms with E-state index in [0.717, 1.165) is 22.2 Å². The molecule has 0 spiro atoms. The molecule has 26 heavy (non-hydrogen) atoms. The van der Waals surface area contributed by atoms with Gasteiger partial charge in [0.25, 0.3) is 0 Å². The minimum Gasteiger partial charge on any atom is -0.352 e. The van der Waals surface area contributed by atoms with Crippen molar-refractivity contribution in [2.24, 2.45) is 0 Å². The van der Waals surface area contributed by atoms with E-state index < -0.39 is 0 Å². The lowest BCUT2D eigenvalue weighted by atomic mass is 10.0. The maximum atomic E-state index is 12.3. The predicted molar refractivity (Wildman–Crippen MR) is 103 cm³/mol. The van der Waals surface area contributed by atoms with E-state index in [1.165, 1.54) is 5.39 Å². The van der Waals surface area contributed by atoms with Crippen molar-refractivity contribution in [1.82, 2.24) is 15.1 Å². The first-order valence-corrected chi connectivity index (χ1v) is 8.61. The third kappa shape index (κ3) is 3.64. The normalized spacial score (nSPS) is 10.8. The third-order valence-electron chi connectivity index (χ3n) is 4.33. The smallest absolute Gasteiger partial charge is 0.224 e. The first-order chi connectivity index (χ1) is 12.8. The average molecular weight is 341 g/mol. The van der Waals surface area contributed by atoms with Crippen molar-refractivity contribution >= 4 is 16.7 Å². The van der Waals surface area contributed by atoms with Gasteiger partial charge in [-0.15, -0.1) is 0 Å². The Balaban J connectivity index is 1.37. The maximum Gasteiger partial charge on any atom is 0.224 e. The highest BCUT2D eigenvalue weighted by Gasteiger charge is 2.06. The Morgan fingerprint density at radius 2 is 1.65 bits per heavy atom. The van der Waals surface area contributed by atoms with Crippen LogP contribution in [-0.4, -0.2) is 15.7 Å². The first-order valence-electron chi connectivity index (χ1n) is 8.61. The molecule has 0 fully saturated rings. The number of fused-ring (bicyclic) bond motifs is 1. The second-order valence-corrected chi connectivity index (χ2v) is 6.26. The molecule has 0 bridgehead atoms. The van der Waals surface area contributed by atoms with E-state index in [9.17, 15) is 4.79 Å². The predicted octanol–water partition coefficient (Wildman–Crippen LogP) is 3.88. The Hall–Kier alpha value is -3.40. The van der Waals surface area contributed by atoms with Gasteiger partial charge < -0.3 is 5.32 Å². The molecular formula is C22H19N3O. The van der Waals surface area contributed by atoms with Crippen LogP contribution in [0.2, 0.25) is 0 Å². The summed E-state index contributed by atoms with van der Waals surface area (Å²) in [5.74, 6) is 0.00717. The number of para-hydroxylation sites is 1. The standard InChI is InChI=1S/C22H19N3O/c26-22(13-17-10-11-19-6-4-5-7-20(19)12-17)23-14-18-15-24-25(16-18)21-8-2-1-3-9-21/h1-12,15-16H,13-14H2,(H,23,26). The van der Waals surface area contributed by atoms with Crippen LogP contribution in [0.1, 0.15) is 11.1 Å². The van der Waals surface area contributed by atoms with Crippen LogP contribution < -0.4 is 5.32 Å². The Kier molecular flexibility index (Phi) is 4.48. The molecule has 4 rings (SSSR count). The van der Waals surface area contributed by atoms with Crippen LogP contribution in [0.15, 0.2) is 85.2 Å². The van der Waals surface area contributed by atoms with Gasteiger partial charge in [-0.25, -0.2) is 4.68 Å². The lowest BCUT2D eigenvalue weighted by molar-refractivity contribution is -0.120. The highest BCUT2D eigenvalue weighted by Crippen LogP contribution is 2.16. The van der Waals surface area contributed by atoms with Gasteiger partial charge in [0.05, 0.1) is 18.3 Å². The third-order valence-corrected chi connectivity index (χ3v) is 4.33. The lowest BCUT2D eigenvalue weighted by Crippen LogP contribution is -2.24. The topological polar surface area (TPSA) is 46.9 Å². The zero-order valence-electron chi connectivity index (χ0n) is 14.3. The molecule has 1 amide bonds. The number of nitrogens with zero attached hydrogens (tertiary/aromatic N) is 2. The van der Waals surface area contributed by atoms with Crippen LogP contribution in [0.5, 0.6) is 0 Å². The van der Waals surface area contributed by atoms with Crippen LogP contribution >= 0.6 is 0 Å².